The van der Waals surface area contributed by atoms with Gasteiger partial charge in [-0.05, 0) is 29.5 Å². The van der Waals surface area contributed by atoms with Gasteiger partial charge in [0.2, 0.25) is 0 Å². The van der Waals surface area contributed by atoms with Crippen molar-refractivity contribution in [3.8, 4) is 0 Å². The number of anilines is 1. The predicted molar refractivity (Wildman–Crippen MR) is 80.1 cm³/mol. The molecule has 0 unspecified atom stereocenters. The Kier molecular flexibility index (Phi) is 4.85. The Balaban J connectivity index is 2.86. The number of halogens is 1. The number of nitrogens with one attached hydrogen (secondary N) is 1. The van der Waals surface area contributed by atoms with Gasteiger partial charge in [0, 0.05) is 11.8 Å². The number of rotatable bonds is 3. The Bertz CT molecular complexity index is 374. The molecule has 0 aliphatic rings. The van der Waals surface area contributed by atoms with E-state index in [0.717, 1.165) is 26.7 Å². The first kappa shape index (κ1) is 14.0. The molecule has 0 radical (unpaired) electrons. The maximum absolute atomic E-state index is 4.50. The second-order valence-corrected chi connectivity index (χ2v) is 7.42. The van der Waals surface area contributed by atoms with Crippen LogP contribution < -0.4 is 5.32 Å². The Labute approximate surface area is 115 Å². The first-order chi connectivity index (χ1) is 7.33. The monoisotopic (exact) mass is 351 g/mol. The zero-order valence-electron chi connectivity index (χ0n) is 10.4. The largest absolute Gasteiger partial charge is 0.372 e. The maximum atomic E-state index is 4.50. The van der Waals surface area contributed by atoms with Crippen LogP contribution in [0.4, 0.5) is 5.82 Å². The molecule has 0 amide bonds. The molecule has 0 saturated carbocycles. The lowest BCUT2D eigenvalue weighted by atomic mass is 10.3. The van der Waals surface area contributed by atoms with Crippen LogP contribution in [0.5, 0.6) is 0 Å². The highest BCUT2D eigenvalue weighted by Gasteiger charge is 2.13. The third kappa shape index (κ3) is 4.08. The smallest absolute Gasteiger partial charge is 0.143 e. The zero-order valence-corrected chi connectivity index (χ0v) is 13.4. The van der Waals surface area contributed by atoms with Crippen molar-refractivity contribution in [2.75, 3.05) is 12.4 Å². The van der Waals surface area contributed by atoms with Gasteiger partial charge in [-0.1, -0.05) is 20.8 Å². The molecule has 1 aromatic heterocycles. The molecule has 0 saturated heterocycles. The van der Waals surface area contributed by atoms with E-state index < -0.39 is 0 Å². The van der Waals surface area contributed by atoms with Crippen LogP contribution in [0.25, 0.3) is 0 Å². The molecule has 0 aromatic carbocycles. The zero-order chi connectivity index (χ0) is 12.3. The summed E-state index contributed by atoms with van der Waals surface area (Å²) in [4.78, 5) is 9.01. The molecule has 0 spiro atoms. The van der Waals surface area contributed by atoms with Crippen molar-refractivity contribution < 1.29 is 0 Å². The molecular formula is C11H18IN3S. The molecule has 0 atom stereocenters. The van der Waals surface area contributed by atoms with E-state index in [1.807, 2.05) is 25.7 Å². The minimum Gasteiger partial charge on any atom is -0.372 e. The number of aryl methyl sites for hydroxylation is 1. The Morgan fingerprint density at radius 2 is 1.94 bits per heavy atom. The van der Waals surface area contributed by atoms with Crippen LogP contribution in [0.15, 0.2) is 0 Å². The highest BCUT2D eigenvalue weighted by atomic mass is 127. The van der Waals surface area contributed by atoms with E-state index in [4.69, 9.17) is 0 Å². The maximum Gasteiger partial charge on any atom is 0.143 e. The lowest BCUT2D eigenvalue weighted by Crippen LogP contribution is -2.10. The molecule has 1 rings (SSSR count). The second kappa shape index (κ2) is 5.53. The molecular weight excluding hydrogens is 333 g/mol. The van der Waals surface area contributed by atoms with Crippen molar-refractivity contribution in [1.29, 1.82) is 0 Å². The van der Waals surface area contributed by atoms with E-state index in [2.05, 4.69) is 58.6 Å². The van der Waals surface area contributed by atoms with Crippen molar-refractivity contribution in [3.63, 3.8) is 0 Å². The summed E-state index contributed by atoms with van der Waals surface area (Å²) in [7, 11) is 1.89. The van der Waals surface area contributed by atoms with Gasteiger partial charge < -0.3 is 5.32 Å². The fraction of sp³-hybridized carbons (Fsp3) is 0.636. The van der Waals surface area contributed by atoms with Gasteiger partial charge in [0.25, 0.3) is 0 Å². The van der Waals surface area contributed by atoms with E-state index in [9.17, 15) is 0 Å². The molecule has 16 heavy (non-hydrogen) atoms. The minimum atomic E-state index is 0.250. The van der Waals surface area contributed by atoms with E-state index in [1.165, 1.54) is 0 Å². The SMILES string of the molecule is CNc1nc(CSC(C)(C)C)nc(C)c1I. The predicted octanol–water partition coefficient (Wildman–Crippen LogP) is 3.46. The first-order valence-corrected chi connectivity index (χ1v) is 7.24. The topological polar surface area (TPSA) is 37.8 Å². The Morgan fingerprint density at radius 3 is 2.44 bits per heavy atom. The van der Waals surface area contributed by atoms with Crippen molar-refractivity contribution in [2.24, 2.45) is 0 Å². The number of nitrogens with zero attached hydrogens (tertiary/aromatic N) is 2. The summed E-state index contributed by atoms with van der Waals surface area (Å²) in [5.41, 5.74) is 1.05. The summed E-state index contributed by atoms with van der Waals surface area (Å²) in [6, 6.07) is 0. The number of hydrogen-bond acceptors (Lipinski definition) is 4. The molecule has 0 aliphatic carbocycles. The Hall–Kier alpha value is -0.0400. The molecule has 90 valence electrons. The van der Waals surface area contributed by atoms with E-state index in [-0.39, 0.29) is 4.75 Å². The lowest BCUT2D eigenvalue weighted by molar-refractivity contribution is 0.799. The van der Waals surface area contributed by atoms with Gasteiger partial charge in [-0.3, -0.25) is 0 Å². The lowest BCUT2D eigenvalue weighted by Gasteiger charge is -2.17. The number of thioether (sulfide) groups is 1. The van der Waals surface area contributed by atoms with Crippen LogP contribution in [0.1, 0.15) is 32.3 Å². The third-order valence-corrected chi connectivity index (χ3v) is 4.49. The number of hydrogen-bond donors (Lipinski definition) is 1. The standard InChI is InChI=1S/C11H18IN3S/c1-7-9(12)10(13-5)15-8(14-7)6-16-11(2,3)4/h6H2,1-5H3,(H,13,14,15). The van der Waals surface area contributed by atoms with E-state index in [1.54, 1.807) is 0 Å². The number of aromatic nitrogens is 2. The van der Waals surface area contributed by atoms with Gasteiger partial charge >= 0.3 is 0 Å². The molecule has 0 aliphatic heterocycles. The van der Waals surface area contributed by atoms with Crippen molar-refractivity contribution in [1.82, 2.24) is 9.97 Å². The van der Waals surface area contributed by atoms with E-state index in [0.29, 0.717) is 0 Å². The van der Waals surface area contributed by atoms with Crippen LogP contribution >= 0.6 is 34.4 Å². The van der Waals surface area contributed by atoms with Gasteiger partial charge in [0.05, 0.1) is 15.0 Å². The summed E-state index contributed by atoms with van der Waals surface area (Å²) in [5.74, 6) is 2.69. The van der Waals surface area contributed by atoms with Crippen LogP contribution in [0.3, 0.4) is 0 Å². The fourth-order valence-electron chi connectivity index (χ4n) is 1.13. The van der Waals surface area contributed by atoms with Gasteiger partial charge in [-0.2, -0.15) is 0 Å². The molecule has 1 aromatic rings. The van der Waals surface area contributed by atoms with Crippen LogP contribution in [-0.4, -0.2) is 21.8 Å². The van der Waals surface area contributed by atoms with Crippen molar-refractivity contribution in [2.45, 2.75) is 38.2 Å². The quantitative estimate of drug-likeness (QED) is 0.847. The van der Waals surface area contributed by atoms with Gasteiger partial charge in [0.15, 0.2) is 0 Å². The van der Waals surface area contributed by atoms with Gasteiger partial charge in [-0.25, -0.2) is 9.97 Å². The molecule has 5 heteroatoms. The van der Waals surface area contributed by atoms with Crippen LogP contribution in [-0.2, 0) is 5.75 Å². The van der Waals surface area contributed by atoms with Gasteiger partial charge in [0.1, 0.15) is 11.6 Å². The summed E-state index contributed by atoms with van der Waals surface area (Å²) >= 11 is 4.14. The normalized spacial score (nSPS) is 11.6. The van der Waals surface area contributed by atoms with Crippen LogP contribution in [0.2, 0.25) is 0 Å². The van der Waals surface area contributed by atoms with Gasteiger partial charge in [-0.15, -0.1) is 11.8 Å². The first-order valence-electron chi connectivity index (χ1n) is 5.18. The summed E-state index contributed by atoms with van der Waals surface area (Å²) in [6.07, 6.45) is 0. The molecule has 0 fully saturated rings. The van der Waals surface area contributed by atoms with Crippen molar-refractivity contribution in [3.05, 3.63) is 15.1 Å². The van der Waals surface area contributed by atoms with Crippen LogP contribution in [0, 0.1) is 10.5 Å². The fourth-order valence-corrected chi connectivity index (χ4v) is 2.33. The summed E-state index contributed by atoms with van der Waals surface area (Å²) in [5, 5.41) is 3.11. The molecule has 1 N–H and O–H groups in total. The second-order valence-electron chi connectivity index (χ2n) is 4.54. The Morgan fingerprint density at radius 1 is 1.31 bits per heavy atom. The molecule has 1 heterocycles. The van der Waals surface area contributed by atoms with E-state index >= 15 is 0 Å². The highest BCUT2D eigenvalue weighted by molar-refractivity contribution is 14.1. The molecule has 0 bridgehead atoms. The molecule has 3 nitrogen and oxygen atoms in total. The van der Waals surface area contributed by atoms with Crippen molar-refractivity contribution >= 4 is 40.2 Å². The average molecular weight is 351 g/mol. The average Bonchev–Trinajstić information content (AvgIpc) is 2.18. The third-order valence-electron chi connectivity index (χ3n) is 1.93. The summed E-state index contributed by atoms with van der Waals surface area (Å²) in [6.45, 7) is 8.64. The summed E-state index contributed by atoms with van der Waals surface area (Å²) < 4.78 is 1.35. The highest BCUT2D eigenvalue weighted by Crippen LogP contribution is 2.27. The minimum absolute atomic E-state index is 0.250.